The van der Waals surface area contributed by atoms with E-state index >= 15 is 0 Å². The van der Waals surface area contributed by atoms with Gasteiger partial charge in [-0.2, -0.15) is 0 Å². The van der Waals surface area contributed by atoms with Crippen LogP contribution in [0.15, 0.2) is 48.1 Å². The molecule has 3 N–H and O–H groups in total. The molecule has 3 heterocycles. The fourth-order valence-corrected chi connectivity index (χ4v) is 3.25. The molecule has 3 aromatic rings. The van der Waals surface area contributed by atoms with Crippen molar-refractivity contribution < 1.29 is 18.3 Å². The number of ether oxygens (including phenoxy) is 1. The largest absolute Gasteiger partial charge is 0.480 e. The van der Waals surface area contributed by atoms with E-state index in [2.05, 4.69) is 25.3 Å². The van der Waals surface area contributed by atoms with Crippen LogP contribution in [0, 0.1) is 5.82 Å². The van der Waals surface area contributed by atoms with Crippen molar-refractivity contribution >= 4 is 17.4 Å². The second kappa shape index (κ2) is 7.50. The third-order valence-electron chi connectivity index (χ3n) is 4.76. The molecule has 1 aliphatic heterocycles. The Morgan fingerprint density at radius 1 is 1.33 bits per heavy atom. The first-order valence-electron chi connectivity index (χ1n) is 8.85. The number of nitrogens with two attached hydrogens (primary N) is 1. The molecule has 30 heavy (non-hydrogen) atoms. The fourth-order valence-electron chi connectivity index (χ4n) is 3.25. The van der Waals surface area contributed by atoms with Crippen molar-refractivity contribution in [2.75, 3.05) is 19.1 Å². The van der Waals surface area contributed by atoms with Crippen molar-refractivity contribution in [2.45, 2.75) is 12.1 Å². The predicted molar refractivity (Wildman–Crippen MR) is 104 cm³/mol. The normalized spacial score (nSPS) is 17.8. The number of aliphatic imine (C=N–C) groups is 1. The van der Waals surface area contributed by atoms with Gasteiger partial charge >= 0.3 is 0 Å². The highest BCUT2D eigenvalue weighted by atomic mass is 19.1. The monoisotopic (exact) mass is 413 g/mol. The Morgan fingerprint density at radius 3 is 2.87 bits per heavy atom. The number of rotatable bonds is 5. The van der Waals surface area contributed by atoms with Crippen molar-refractivity contribution in [3.8, 4) is 5.88 Å². The minimum atomic E-state index is -1.58. The summed E-state index contributed by atoms with van der Waals surface area (Å²) in [7, 11) is 1.43. The molecule has 1 aromatic carbocycles. The second-order valence-corrected chi connectivity index (χ2v) is 6.66. The van der Waals surface area contributed by atoms with Crippen LogP contribution in [-0.4, -0.2) is 45.0 Å². The van der Waals surface area contributed by atoms with Crippen LogP contribution in [0.4, 0.5) is 14.5 Å². The lowest BCUT2D eigenvalue weighted by atomic mass is 9.89. The van der Waals surface area contributed by atoms with E-state index in [0.717, 1.165) is 6.07 Å². The molecule has 11 heteroatoms. The summed E-state index contributed by atoms with van der Waals surface area (Å²) in [4.78, 5) is 28.5. The molecule has 0 spiro atoms. The molecule has 0 unspecified atom stereocenters. The number of nitrogens with one attached hydrogen (secondary N) is 1. The quantitative estimate of drug-likeness (QED) is 0.656. The molecule has 2 aromatic heterocycles. The van der Waals surface area contributed by atoms with Crippen LogP contribution in [0.25, 0.3) is 0 Å². The number of methoxy groups -OCH3 is 1. The lowest BCUT2D eigenvalue weighted by molar-refractivity contribution is 0.102. The Hall–Kier alpha value is -3.89. The van der Waals surface area contributed by atoms with Gasteiger partial charge in [-0.3, -0.25) is 9.79 Å². The Labute approximate surface area is 169 Å². The summed E-state index contributed by atoms with van der Waals surface area (Å²) in [5, 5.41) is 2.60. The standard InChI is InChI=1S/C19H17F2N7O2/c1-30-16-7-24-14(5-25-16)18(29)26-11-2-3-13(21)12(4-11)19(8-20)9-28-10-23-6-15(28)17(22)27-19/h2-7,10H,8-9H2,1H3,(H2,22,27)(H,26,29)/t19-/m1/s1. The first-order valence-corrected chi connectivity index (χ1v) is 8.85. The number of benzene rings is 1. The smallest absolute Gasteiger partial charge is 0.275 e. The van der Waals surface area contributed by atoms with Gasteiger partial charge in [-0.15, -0.1) is 0 Å². The van der Waals surface area contributed by atoms with E-state index in [1.165, 1.54) is 44.2 Å². The number of anilines is 1. The number of fused-ring (bicyclic) bond motifs is 1. The molecule has 0 fully saturated rings. The Bertz CT molecular complexity index is 1130. The van der Waals surface area contributed by atoms with Gasteiger partial charge in [0.1, 0.15) is 35.3 Å². The van der Waals surface area contributed by atoms with Gasteiger partial charge in [-0.05, 0) is 18.2 Å². The summed E-state index contributed by atoms with van der Waals surface area (Å²) in [5.41, 5.74) is 5.14. The maximum absolute atomic E-state index is 14.7. The number of carbonyl (C=O) groups is 1. The third-order valence-corrected chi connectivity index (χ3v) is 4.76. The van der Waals surface area contributed by atoms with Gasteiger partial charge in [-0.25, -0.2) is 23.7 Å². The molecule has 154 valence electrons. The number of aromatic nitrogens is 4. The van der Waals surface area contributed by atoms with Crippen LogP contribution in [0.2, 0.25) is 0 Å². The number of imidazole rings is 1. The second-order valence-electron chi connectivity index (χ2n) is 6.66. The molecule has 0 aliphatic carbocycles. The summed E-state index contributed by atoms with van der Waals surface area (Å²) >= 11 is 0. The molecule has 9 nitrogen and oxygen atoms in total. The molecular formula is C19H17F2N7O2. The van der Waals surface area contributed by atoms with E-state index in [0.29, 0.717) is 5.69 Å². The van der Waals surface area contributed by atoms with Crippen LogP contribution in [0.1, 0.15) is 21.7 Å². The molecule has 1 amide bonds. The minimum Gasteiger partial charge on any atom is -0.480 e. The molecule has 4 rings (SSSR count). The lowest BCUT2D eigenvalue weighted by Crippen LogP contribution is -2.41. The van der Waals surface area contributed by atoms with Gasteiger partial charge in [0.05, 0.1) is 38.6 Å². The minimum absolute atomic E-state index is 0.0117. The van der Waals surface area contributed by atoms with Crippen molar-refractivity contribution in [3.63, 3.8) is 0 Å². The van der Waals surface area contributed by atoms with Gasteiger partial charge in [0.15, 0.2) is 0 Å². The highest BCUT2D eigenvalue weighted by molar-refractivity contribution is 6.02. The zero-order valence-corrected chi connectivity index (χ0v) is 15.8. The fraction of sp³-hybridized carbons (Fsp3) is 0.211. The Balaban J connectivity index is 1.66. The van der Waals surface area contributed by atoms with E-state index in [9.17, 15) is 13.6 Å². The Kier molecular flexibility index (Phi) is 4.86. The van der Waals surface area contributed by atoms with Crippen LogP contribution in [0.3, 0.4) is 0 Å². The average Bonchev–Trinajstić information content (AvgIpc) is 3.24. The lowest BCUT2D eigenvalue weighted by Gasteiger charge is -2.33. The molecule has 1 aliphatic rings. The van der Waals surface area contributed by atoms with Gasteiger partial charge in [0, 0.05) is 11.3 Å². The summed E-state index contributed by atoms with van der Waals surface area (Å²) < 4.78 is 35.4. The molecule has 0 radical (unpaired) electrons. The molecular weight excluding hydrogens is 396 g/mol. The van der Waals surface area contributed by atoms with E-state index in [1.807, 2.05) is 0 Å². The Morgan fingerprint density at radius 2 is 2.17 bits per heavy atom. The third kappa shape index (κ3) is 3.34. The van der Waals surface area contributed by atoms with Crippen LogP contribution < -0.4 is 15.8 Å². The number of amidine groups is 1. The van der Waals surface area contributed by atoms with Crippen molar-refractivity contribution in [2.24, 2.45) is 10.7 Å². The maximum atomic E-state index is 14.7. The van der Waals surface area contributed by atoms with Crippen LogP contribution >= 0.6 is 0 Å². The van der Waals surface area contributed by atoms with Gasteiger partial charge in [0.25, 0.3) is 5.91 Å². The zero-order valence-electron chi connectivity index (χ0n) is 15.8. The van der Waals surface area contributed by atoms with Crippen molar-refractivity contribution in [3.05, 3.63) is 65.9 Å². The van der Waals surface area contributed by atoms with Gasteiger partial charge < -0.3 is 20.4 Å². The predicted octanol–water partition coefficient (Wildman–Crippen LogP) is 1.66. The topological polar surface area (TPSA) is 120 Å². The van der Waals surface area contributed by atoms with Crippen molar-refractivity contribution in [1.82, 2.24) is 19.5 Å². The first kappa shape index (κ1) is 19.4. The van der Waals surface area contributed by atoms with E-state index in [-0.39, 0.29) is 35.2 Å². The molecule has 0 saturated heterocycles. The zero-order chi connectivity index (χ0) is 21.3. The number of nitrogens with zero attached hydrogens (tertiary/aromatic N) is 5. The summed E-state index contributed by atoms with van der Waals surface area (Å²) in [5.74, 6) is -0.929. The maximum Gasteiger partial charge on any atom is 0.275 e. The molecule has 0 saturated carbocycles. The van der Waals surface area contributed by atoms with E-state index in [1.54, 1.807) is 4.57 Å². The highest BCUT2D eigenvalue weighted by Gasteiger charge is 2.39. The van der Waals surface area contributed by atoms with Gasteiger partial charge in [-0.1, -0.05) is 0 Å². The van der Waals surface area contributed by atoms with E-state index < -0.39 is 23.9 Å². The number of alkyl halides is 1. The van der Waals surface area contributed by atoms with Crippen LogP contribution in [0.5, 0.6) is 5.88 Å². The average molecular weight is 413 g/mol. The van der Waals surface area contributed by atoms with Crippen LogP contribution in [-0.2, 0) is 12.1 Å². The van der Waals surface area contributed by atoms with E-state index in [4.69, 9.17) is 10.5 Å². The van der Waals surface area contributed by atoms with Crippen molar-refractivity contribution in [1.29, 1.82) is 0 Å². The summed E-state index contributed by atoms with van der Waals surface area (Å²) in [6.45, 7) is -0.985. The number of amides is 1. The first-order chi connectivity index (χ1) is 14.5. The number of carbonyl (C=O) groups excluding carboxylic acids is 1. The summed E-state index contributed by atoms with van der Waals surface area (Å²) in [6.07, 6.45) is 5.52. The SMILES string of the molecule is COc1cnc(C(=O)Nc2ccc(F)c([C@@]3(CF)Cn4cncc4C(N)=N3)c2)cn1. The highest BCUT2D eigenvalue weighted by Crippen LogP contribution is 2.35. The number of hydrogen-bond acceptors (Lipinski definition) is 7. The summed E-state index contributed by atoms with van der Waals surface area (Å²) in [6, 6.07) is 3.83. The number of halogens is 2. The van der Waals surface area contributed by atoms with Gasteiger partial charge in [0.2, 0.25) is 5.88 Å². The molecule has 0 bridgehead atoms. The molecule has 1 atom stereocenters. The number of hydrogen-bond donors (Lipinski definition) is 2.